The standard InChI is InChI=1S/C10H17BO4/c1-7(8(12)13)6-11-14-9(2,3)10(4,5)15-11/h6H,1-5H3,(H,12,13)/b7-6+. The van der Waals surface area contributed by atoms with E-state index in [1.165, 1.54) is 12.9 Å². The molecule has 0 bridgehead atoms. The maximum absolute atomic E-state index is 10.6. The fraction of sp³-hybridized carbons (Fsp3) is 0.700. The average Bonchev–Trinajstić information content (AvgIpc) is 2.19. The predicted molar refractivity (Wildman–Crippen MR) is 57.5 cm³/mol. The Hall–Kier alpha value is -0.805. The van der Waals surface area contributed by atoms with Gasteiger partial charge in [-0.2, -0.15) is 0 Å². The van der Waals surface area contributed by atoms with E-state index in [-0.39, 0.29) is 5.57 Å². The summed E-state index contributed by atoms with van der Waals surface area (Å²) in [5, 5.41) is 8.72. The van der Waals surface area contributed by atoms with Crippen molar-refractivity contribution < 1.29 is 19.2 Å². The molecule has 0 spiro atoms. The highest BCUT2D eigenvalue weighted by Gasteiger charge is 2.50. The Morgan fingerprint density at radius 2 is 1.60 bits per heavy atom. The summed E-state index contributed by atoms with van der Waals surface area (Å²) in [6.45, 7) is 9.23. The maximum atomic E-state index is 10.6. The van der Waals surface area contributed by atoms with Gasteiger partial charge < -0.3 is 14.4 Å². The zero-order valence-corrected chi connectivity index (χ0v) is 9.83. The summed E-state index contributed by atoms with van der Waals surface area (Å²) in [5.41, 5.74) is -0.617. The Morgan fingerprint density at radius 1 is 1.20 bits per heavy atom. The van der Waals surface area contributed by atoms with E-state index in [0.717, 1.165) is 0 Å². The molecule has 1 saturated heterocycles. The summed E-state index contributed by atoms with van der Waals surface area (Å²) in [6.07, 6.45) is 0. The second-order valence-corrected chi connectivity index (χ2v) is 4.78. The van der Waals surface area contributed by atoms with E-state index in [4.69, 9.17) is 14.4 Å². The minimum absolute atomic E-state index is 0.230. The van der Waals surface area contributed by atoms with Crippen molar-refractivity contribution in [3.8, 4) is 0 Å². The van der Waals surface area contributed by atoms with Gasteiger partial charge in [0.05, 0.1) is 11.2 Å². The van der Waals surface area contributed by atoms with Gasteiger partial charge in [0.25, 0.3) is 0 Å². The van der Waals surface area contributed by atoms with Crippen molar-refractivity contribution in [2.45, 2.75) is 45.8 Å². The van der Waals surface area contributed by atoms with Gasteiger partial charge in [0, 0.05) is 5.57 Å². The van der Waals surface area contributed by atoms with E-state index in [1.807, 2.05) is 27.7 Å². The van der Waals surface area contributed by atoms with Crippen LogP contribution in [0.2, 0.25) is 0 Å². The van der Waals surface area contributed by atoms with Gasteiger partial charge in [-0.25, -0.2) is 4.79 Å². The SMILES string of the molecule is C/C(=C\B1OC(C)(C)C(C)(C)O1)C(=O)O. The smallest absolute Gasteiger partial charge is 0.478 e. The molecular formula is C10H17BO4. The molecule has 0 aromatic carbocycles. The molecule has 1 heterocycles. The Bertz CT molecular complexity index is 291. The Balaban J connectivity index is 2.80. The second kappa shape index (κ2) is 3.65. The van der Waals surface area contributed by atoms with Crippen LogP contribution in [0.1, 0.15) is 34.6 Å². The molecular weight excluding hydrogens is 195 g/mol. The zero-order valence-electron chi connectivity index (χ0n) is 9.83. The van der Waals surface area contributed by atoms with Crippen LogP contribution in [0.4, 0.5) is 0 Å². The first-order valence-electron chi connectivity index (χ1n) is 4.93. The van der Waals surface area contributed by atoms with Crippen LogP contribution in [0.15, 0.2) is 11.5 Å². The molecule has 0 aliphatic carbocycles. The number of carboxylic acid groups (broad SMARTS) is 1. The summed E-state index contributed by atoms with van der Waals surface area (Å²) in [6, 6.07) is 0. The molecule has 1 fully saturated rings. The largest absolute Gasteiger partial charge is 0.487 e. The van der Waals surface area contributed by atoms with Crippen molar-refractivity contribution in [1.29, 1.82) is 0 Å². The summed E-state index contributed by atoms with van der Waals surface area (Å²) < 4.78 is 11.2. The lowest BCUT2D eigenvalue weighted by atomic mass is 9.87. The van der Waals surface area contributed by atoms with Crippen molar-refractivity contribution in [1.82, 2.24) is 0 Å². The van der Waals surface area contributed by atoms with E-state index in [1.54, 1.807) is 0 Å². The van der Waals surface area contributed by atoms with E-state index in [9.17, 15) is 4.79 Å². The Morgan fingerprint density at radius 3 is 1.93 bits per heavy atom. The number of aliphatic carboxylic acids is 1. The lowest BCUT2D eigenvalue weighted by Crippen LogP contribution is -2.41. The van der Waals surface area contributed by atoms with Crippen molar-refractivity contribution in [2.24, 2.45) is 0 Å². The van der Waals surface area contributed by atoms with Gasteiger partial charge in [-0.1, -0.05) is 0 Å². The zero-order chi connectivity index (χ0) is 11.9. The number of hydrogen-bond acceptors (Lipinski definition) is 3. The van der Waals surface area contributed by atoms with Crippen molar-refractivity contribution in [3.05, 3.63) is 11.5 Å². The first kappa shape index (κ1) is 12.3. The van der Waals surface area contributed by atoms with Gasteiger partial charge in [-0.15, -0.1) is 0 Å². The first-order chi connectivity index (χ1) is 6.66. The van der Waals surface area contributed by atoms with Gasteiger partial charge in [-0.3, -0.25) is 0 Å². The van der Waals surface area contributed by atoms with Crippen LogP contribution in [0.3, 0.4) is 0 Å². The van der Waals surface area contributed by atoms with Crippen molar-refractivity contribution >= 4 is 13.1 Å². The van der Waals surface area contributed by atoms with Gasteiger partial charge in [0.15, 0.2) is 0 Å². The predicted octanol–water partition coefficient (Wildman–Crippen LogP) is 1.65. The second-order valence-electron chi connectivity index (χ2n) is 4.78. The average molecular weight is 212 g/mol. The number of hydrogen-bond donors (Lipinski definition) is 1. The molecule has 0 radical (unpaired) electrons. The van der Waals surface area contributed by atoms with Crippen LogP contribution in [-0.4, -0.2) is 29.4 Å². The summed E-state index contributed by atoms with van der Waals surface area (Å²) >= 11 is 0. The molecule has 0 atom stereocenters. The highest BCUT2D eigenvalue weighted by molar-refractivity contribution is 6.52. The van der Waals surface area contributed by atoms with Crippen LogP contribution in [-0.2, 0) is 14.1 Å². The lowest BCUT2D eigenvalue weighted by Gasteiger charge is -2.32. The van der Waals surface area contributed by atoms with E-state index < -0.39 is 24.3 Å². The summed E-state index contributed by atoms with van der Waals surface area (Å²) in [5.74, 6) is 0.531. The maximum Gasteiger partial charge on any atom is 0.487 e. The Kier molecular flexibility index (Phi) is 2.98. The topological polar surface area (TPSA) is 55.8 Å². The van der Waals surface area contributed by atoms with Gasteiger partial charge in [0.1, 0.15) is 0 Å². The third kappa shape index (κ3) is 2.41. The Labute approximate surface area is 90.4 Å². The molecule has 0 unspecified atom stereocenters. The molecule has 4 nitrogen and oxygen atoms in total. The highest BCUT2D eigenvalue weighted by atomic mass is 16.7. The molecule has 5 heteroatoms. The van der Waals surface area contributed by atoms with Crippen molar-refractivity contribution in [3.63, 3.8) is 0 Å². The molecule has 1 aliphatic heterocycles. The van der Waals surface area contributed by atoms with Gasteiger partial charge >= 0.3 is 13.1 Å². The fourth-order valence-corrected chi connectivity index (χ4v) is 1.23. The molecule has 84 valence electrons. The molecule has 0 aromatic rings. The summed E-state index contributed by atoms with van der Waals surface area (Å²) in [7, 11) is -0.578. The van der Waals surface area contributed by atoms with Gasteiger partial charge in [-0.05, 0) is 40.6 Å². The van der Waals surface area contributed by atoms with E-state index >= 15 is 0 Å². The monoisotopic (exact) mass is 212 g/mol. The lowest BCUT2D eigenvalue weighted by molar-refractivity contribution is -0.132. The molecule has 15 heavy (non-hydrogen) atoms. The van der Waals surface area contributed by atoms with Crippen LogP contribution < -0.4 is 0 Å². The number of carbonyl (C=O) groups is 1. The normalized spacial score (nSPS) is 24.3. The fourth-order valence-electron chi connectivity index (χ4n) is 1.23. The highest BCUT2D eigenvalue weighted by Crippen LogP contribution is 2.37. The third-order valence-electron chi connectivity index (χ3n) is 2.99. The van der Waals surface area contributed by atoms with E-state index in [2.05, 4.69) is 0 Å². The molecule has 1 N–H and O–H groups in total. The van der Waals surface area contributed by atoms with Crippen LogP contribution in [0.25, 0.3) is 0 Å². The van der Waals surface area contributed by atoms with Gasteiger partial charge in [0.2, 0.25) is 0 Å². The first-order valence-corrected chi connectivity index (χ1v) is 4.93. The molecule has 1 aliphatic rings. The van der Waals surface area contributed by atoms with Crippen LogP contribution in [0, 0.1) is 0 Å². The van der Waals surface area contributed by atoms with Crippen molar-refractivity contribution in [2.75, 3.05) is 0 Å². The third-order valence-corrected chi connectivity index (χ3v) is 2.99. The molecule has 0 aromatic heterocycles. The van der Waals surface area contributed by atoms with E-state index in [0.29, 0.717) is 0 Å². The van der Waals surface area contributed by atoms with Crippen LogP contribution >= 0.6 is 0 Å². The van der Waals surface area contributed by atoms with Crippen LogP contribution in [0.5, 0.6) is 0 Å². The summed E-state index contributed by atoms with van der Waals surface area (Å²) in [4.78, 5) is 10.6. The molecule has 0 amide bonds. The quantitative estimate of drug-likeness (QED) is 0.558. The number of rotatable bonds is 2. The minimum atomic E-state index is -0.954. The molecule has 0 saturated carbocycles. The number of carboxylic acids is 1. The minimum Gasteiger partial charge on any atom is -0.478 e. The molecule has 1 rings (SSSR count).